The fourth-order valence-corrected chi connectivity index (χ4v) is 2.54. The molecule has 21 heavy (non-hydrogen) atoms. The normalized spacial score (nSPS) is 17.8. The van der Waals surface area contributed by atoms with Crippen molar-refractivity contribution in [2.45, 2.75) is 12.8 Å². The third kappa shape index (κ3) is 4.53. The van der Waals surface area contributed by atoms with E-state index < -0.39 is 0 Å². The number of hydrogen-bond donors (Lipinski definition) is 2. The molecule has 0 aliphatic carbocycles. The van der Waals surface area contributed by atoms with E-state index in [4.69, 9.17) is 5.73 Å². The quantitative estimate of drug-likeness (QED) is 0.819. The van der Waals surface area contributed by atoms with Gasteiger partial charge in [0.25, 0.3) is 0 Å². The summed E-state index contributed by atoms with van der Waals surface area (Å²) in [5.41, 5.74) is 6.24. The highest BCUT2D eigenvalue weighted by Crippen LogP contribution is 2.21. The van der Waals surface area contributed by atoms with Gasteiger partial charge in [-0.2, -0.15) is 0 Å². The summed E-state index contributed by atoms with van der Waals surface area (Å²) in [6.07, 6.45) is 1.76. The third-order valence-electron chi connectivity index (χ3n) is 3.70. The maximum Gasteiger partial charge on any atom is 0.241 e. The van der Waals surface area contributed by atoms with Crippen molar-refractivity contribution in [3.05, 3.63) is 35.6 Å². The van der Waals surface area contributed by atoms with Crippen LogP contribution < -0.4 is 11.1 Å². The van der Waals surface area contributed by atoms with Gasteiger partial charge in [0.2, 0.25) is 11.8 Å². The first kappa shape index (κ1) is 15.4. The molecule has 0 aromatic heterocycles. The lowest BCUT2D eigenvalue weighted by Gasteiger charge is -2.17. The Morgan fingerprint density at radius 1 is 1.33 bits per heavy atom. The number of nitrogens with one attached hydrogen (secondary N) is 1. The standard InChI is InChI=1S/C15H20FN3O2/c16-13-3-1-11(2-4-13)7-12-5-6-19(10-12)15(21)9-18-14(20)8-17/h1-4,12H,5-10,17H2,(H,18,20). The van der Waals surface area contributed by atoms with Gasteiger partial charge in [-0.3, -0.25) is 9.59 Å². The van der Waals surface area contributed by atoms with E-state index in [2.05, 4.69) is 5.32 Å². The number of likely N-dealkylation sites (tertiary alicyclic amines) is 1. The molecule has 1 unspecified atom stereocenters. The molecule has 0 spiro atoms. The number of nitrogens with two attached hydrogens (primary N) is 1. The van der Waals surface area contributed by atoms with Gasteiger partial charge in [-0.05, 0) is 36.5 Å². The summed E-state index contributed by atoms with van der Waals surface area (Å²) in [6, 6.07) is 6.47. The maximum atomic E-state index is 12.9. The van der Waals surface area contributed by atoms with Gasteiger partial charge in [-0.25, -0.2) is 4.39 Å². The third-order valence-corrected chi connectivity index (χ3v) is 3.70. The van der Waals surface area contributed by atoms with Gasteiger partial charge in [0.1, 0.15) is 5.82 Å². The van der Waals surface area contributed by atoms with Gasteiger partial charge in [-0.15, -0.1) is 0 Å². The molecule has 114 valence electrons. The van der Waals surface area contributed by atoms with Crippen LogP contribution in [0.25, 0.3) is 0 Å². The molecular weight excluding hydrogens is 273 g/mol. The largest absolute Gasteiger partial charge is 0.346 e. The molecule has 1 atom stereocenters. The van der Waals surface area contributed by atoms with Gasteiger partial charge in [-0.1, -0.05) is 12.1 Å². The van der Waals surface area contributed by atoms with Crippen molar-refractivity contribution in [2.75, 3.05) is 26.2 Å². The number of halogens is 1. The van der Waals surface area contributed by atoms with E-state index in [1.165, 1.54) is 12.1 Å². The summed E-state index contributed by atoms with van der Waals surface area (Å²) in [5, 5.41) is 2.48. The van der Waals surface area contributed by atoms with E-state index in [0.717, 1.165) is 18.4 Å². The van der Waals surface area contributed by atoms with E-state index in [9.17, 15) is 14.0 Å². The summed E-state index contributed by atoms with van der Waals surface area (Å²) >= 11 is 0. The van der Waals surface area contributed by atoms with Gasteiger partial charge in [0.15, 0.2) is 0 Å². The van der Waals surface area contributed by atoms with E-state index in [0.29, 0.717) is 19.0 Å². The average Bonchev–Trinajstić information content (AvgIpc) is 2.95. The lowest BCUT2D eigenvalue weighted by molar-refractivity contribution is -0.131. The predicted octanol–water partition coefficient (Wildman–Crippen LogP) is 0.292. The summed E-state index contributed by atoms with van der Waals surface area (Å²) in [4.78, 5) is 24.7. The van der Waals surface area contributed by atoms with Crippen LogP contribution >= 0.6 is 0 Å². The van der Waals surface area contributed by atoms with Crippen molar-refractivity contribution in [1.82, 2.24) is 10.2 Å². The molecule has 0 saturated carbocycles. The second-order valence-corrected chi connectivity index (χ2v) is 5.31. The van der Waals surface area contributed by atoms with Crippen molar-refractivity contribution >= 4 is 11.8 Å². The fraction of sp³-hybridized carbons (Fsp3) is 0.467. The topological polar surface area (TPSA) is 75.4 Å². The van der Waals surface area contributed by atoms with Crippen LogP contribution in [0.5, 0.6) is 0 Å². The highest BCUT2D eigenvalue weighted by molar-refractivity contribution is 5.85. The monoisotopic (exact) mass is 293 g/mol. The van der Waals surface area contributed by atoms with E-state index in [-0.39, 0.29) is 30.7 Å². The molecule has 1 aromatic rings. The molecule has 1 aliphatic heterocycles. The minimum Gasteiger partial charge on any atom is -0.346 e. The minimum absolute atomic E-state index is 0.000693. The van der Waals surface area contributed by atoms with E-state index >= 15 is 0 Å². The Balaban J connectivity index is 1.79. The zero-order chi connectivity index (χ0) is 15.2. The molecule has 5 nitrogen and oxygen atoms in total. The molecule has 6 heteroatoms. The summed E-state index contributed by atoms with van der Waals surface area (Å²) in [6.45, 7) is 1.26. The number of amides is 2. The number of hydrogen-bond acceptors (Lipinski definition) is 3. The summed E-state index contributed by atoms with van der Waals surface area (Å²) < 4.78 is 12.9. The van der Waals surface area contributed by atoms with Gasteiger partial charge in [0, 0.05) is 13.1 Å². The second kappa shape index (κ2) is 7.17. The van der Waals surface area contributed by atoms with Crippen molar-refractivity contribution < 1.29 is 14.0 Å². The Bertz CT molecular complexity index is 504. The molecular formula is C15H20FN3O2. The number of rotatable bonds is 5. The van der Waals surface area contributed by atoms with Crippen LogP contribution in [-0.4, -0.2) is 42.9 Å². The van der Waals surface area contributed by atoms with Crippen molar-refractivity contribution in [3.8, 4) is 0 Å². The van der Waals surface area contributed by atoms with Crippen LogP contribution in [-0.2, 0) is 16.0 Å². The SMILES string of the molecule is NCC(=O)NCC(=O)N1CCC(Cc2ccc(F)cc2)C1. The second-order valence-electron chi connectivity index (χ2n) is 5.31. The zero-order valence-corrected chi connectivity index (χ0v) is 11.8. The van der Waals surface area contributed by atoms with Crippen LogP contribution in [0.15, 0.2) is 24.3 Å². The van der Waals surface area contributed by atoms with Gasteiger partial charge >= 0.3 is 0 Å². The predicted molar refractivity (Wildman–Crippen MR) is 76.9 cm³/mol. The Hall–Kier alpha value is -1.95. The van der Waals surface area contributed by atoms with E-state index in [1.807, 2.05) is 0 Å². The average molecular weight is 293 g/mol. The Morgan fingerprint density at radius 3 is 2.71 bits per heavy atom. The first-order chi connectivity index (χ1) is 10.1. The molecule has 0 bridgehead atoms. The molecule has 2 amide bonds. The Kier molecular flexibility index (Phi) is 5.27. The molecule has 1 heterocycles. The first-order valence-corrected chi connectivity index (χ1v) is 7.07. The molecule has 1 aliphatic rings. The smallest absolute Gasteiger partial charge is 0.241 e. The van der Waals surface area contributed by atoms with Crippen molar-refractivity contribution in [1.29, 1.82) is 0 Å². The molecule has 1 fully saturated rings. The van der Waals surface area contributed by atoms with Gasteiger partial charge in [0.05, 0.1) is 13.1 Å². The highest BCUT2D eigenvalue weighted by atomic mass is 19.1. The first-order valence-electron chi connectivity index (χ1n) is 7.07. The Morgan fingerprint density at radius 2 is 2.05 bits per heavy atom. The minimum atomic E-state index is -0.328. The lowest BCUT2D eigenvalue weighted by Crippen LogP contribution is -2.41. The van der Waals surface area contributed by atoms with Gasteiger partial charge < -0.3 is 16.0 Å². The van der Waals surface area contributed by atoms with Crippen LogP contribution in [0.4, 0.5) is 4.39 Å². The highest BCUT2D eigenvalue weighted by Gasteiger charge is 2.26. The molecule has 2 rings (SSSR count). The molecule has 1 saturated heterocycles. The van der Waals surface area contributed by atoms with Crippen LogP contribution in [0.2, 0.25) is 0 Å². The number of carbonyl (C=O) groups is 2. The lowest BCUT2D eigenvalue weighted by atomic mass is 9.99. The molecule has 0 radical (unpaired) electrons. The molecule has 3 N–H and O–H groups in total. The summed E-state index contributed by atoms with van der Waals surface area (Å²) in [5.74, 6) is -0.272. The van der Waals surface area contributed by atoms with Crippen LogP contribution in [0.1, 0.15) is 12.0 Å². The van der Waals surface area contributed by atoms with E-state index in [1.54, 1.807) is 17.0 Å². The van der Waals surface area contributed by atoms with Crippen molar-refractivity contribution in [3.63, 3.8) is 0 Å². The summed E-state index contributed by atoms with van der Waals surface area (Å²) in [7, 11) is 0. The van der Waals surface area contributed by atoms with Crippen LogP contribution in [0.3, 0.4) is 0 Å². The molecule has 1 aromatic carbocycles. The fourth-order valence-electron chi connectivity index (χ4n) is 2.54. The maximum absolute atomic E-state index is 12.9. The van der Waals surface area contributed by atoms with Crippen molar-refractivity contribution in [2.24, 2.45) is 11.7 Å². The zero-order valence-electron chi connectivity index (χ0n) is 11.8. The number of nitrogens with zero attached hydrogens (tertiary/aromatic N) is 1. The number of carbonyl (C=O) groups excluding carboxylic acids is 2. The number of benzene rings is 1. The van der Waals surface area contributed by atoms with Crippen LogP contribution in [0, 0.1) is 11.7 Å². The Labute approximate surface area is 123 Å².